The smallest absolute Gasteiger partial charge is 0.258 e. The zero-order chi connectivity index (χ0) is 13.8. The lowest BCUT2D eigenvalue weighted by atomic mass is 10.4. The Hall–Kier alpha value is -3.04. The normalized spacial score (nSPS) is 10.4. The van der Waals surface area contributed by atoms with Gasteiger partial charge in [0.1, 0.15) is 12.7 Å². The lowest BCUT2D eigenvalue weighted by Gasteiger charge is -2.06. The Morgan fingerprint density at radius 2 is 2.15 bits per heavy atom. The highest BCUT2D eigenvalue weighted by Crippen LogP contribution is 2.09. The summed E-state index contributed by atoms with van der Waals surface area (Å²) in [5.74, 6) is 1.86. The van der Waals surface area contributed by atoms with Crippen molar-refractivity contribution in [3.05, 3.63) is 30.7 Å². The van der Waals surface area contributed by atoms with E-state index in [1.807, 2.05) is 0 Å². The topological polar surface area (TPSA) is 119 Å². The van der Waals surface area contributed by atoms with Crippen LogP contribution in [0.15, 0.2) is 29.4 Å². The Morgan fingerprint density at radius 3 is 2.85 bits per heavy atom. The molecule has 102 valence electrons. The molecule has 20 heavy (non-hydrogen) atoms. The van der Waals surface area contributed by atoms with Crippen molar-refractivity contribution < 1.29 is 4.52 Å². The second kappa shape index (κ2) is 5.30. The van der Waals surface area contributed by atoms with E-state index in [2.05, 4.69) is 40.8 Å². The minimum absolute atomic E-state index is 0.363. The van der Waals surface area contributed by atoms with Gasteiger partial charge in [-0.1, -0.05) is 5.16 Å². The predicted molar refractivity (Wildman–Crippen MR) is 68.1 cm³/mol. The van der Waals surface area contributed by atoms with Crippen LogP contribution in [0.2, 0.25) is 0 Å². The van der Waals surface area contributed by atoms with Gasteiger partial charge in [-0.2, -0.15) is 24.7 Å². The van der Waals surface area contributed by atoms with Gasteiger partial charge in [0.05, 0.1) is 12.7 Å². The van der Waals surface area contributed by atoms with Crippen LogP contribution in [0, 0.1) is 0 Å². The third kappa shape index (κ3) is 2.53. The van der Waals surface area contributed by atoms with Gasteiger partial charge in [-0.25, -0.2) is 4.98 Å². The van der Waals surface area contributed by atoms with E-state index in [4.69, 9.17) is 4.52 Å². The maximum atomic E-state index is 4.99. The summed E-state index contributed by atoms with van der Waals surface area (Å²) >= 11 is 0. The van der Waals surface area contributed by atoms with E-state index in [0.29, 0.717) is 30.2 Å². The number of nitrogens with one attached hydrogen (secondary N) is 2. The van der Waals surface area contributed by atoms with Crippen molar-refractivity contribution in [3.63, 3.8) is 0 Å². The lowest BCUT2D eigenvalue weighted by molar-refractivity contribution is 0.387. The molecule has 0 amide bonds. The second-order valence-corrected chi connectivity index (χ2v) is 3.70. The number of rotatable bonds is 5. The molecular formula is C10H11N9O. The summed E-state index contributed by atoms with van der Waals surface area (Å²) in [5.41, 5.74) is 0. The number of aromatic nitrogens is 7. The summed E-state index contributed by atoms with van der Waals surface area (Å²) in [5, 5.41) is 13.5. The fourth-order valence-corrected chi connectivity index (χ4v) is 1.47. The Labute approximate surface area is 113 Å². The van der Waals surface area contributed by atoms with Crippen molar-refractivity contribution in [1.29, 1.82) is 0 Å². The average molecular weight is 273 g/mol. The number of hydrogen-bond acceptors (Lipinski definition) is 9. The third-order valence-corrected chi connectivity index (χ3v) is 2.38. The van der Waals surface area contributed by atoms with Gasteiger partial charge < -0.3 is 15.2 Å². The van der Waals surface area contributed by atoms with E-state index in [-0.39, 0.29) is 0 Å². The molecule has 3 aromatic heterocycles. The van der Waals surface area contributed by atoms with E-state index < -0.39 is 0 Å². The number of nitrogens with zero attached hydrogens (tertiary/aromatic N) is 7. The van der Waals surface area contributed by atoms with Gasteiger partial charge in [0.25, 0.3) is 5.95 Å². The number of hydrogen-bond donors (Lipinski definition) is 2. The molecule has 2 N–H and O–H groups in total. The van der Waals surface area contributed by atoms with Gasteiger partial charge in [0.2, 0.25) is 11.9 Å². The third-order valence-electron chi connectivity index (χ3n) is 2.38. The van der Waals surface area contributed by atoms with Gasteiger partial charge in [0, 0.05) is 13.1 Å². The van der Waals surface area contributed by atoms with Gasteiger partial charge in [-0.3, -0.25) is 0 Å². The maximum Gasteiger partial charge on any atom is 0.258 e. The molecule has 0 unspecified atom stereocenters. The van der Waals surface area contributed by atoms with E-state index in [9.17, 15) is 0 Å². The predicted octanol–water partition coefficient (Wildman–Crippen LogP) is 0.0941. The molecule has 0 aliphatic carbocycles. The Bertz CT molecular complexity index is 664. The molecule has 0 spiro atoms. The zero-order valence-corrected chi connectivity index (χ0v) is 10.6. The monoisotopic (exact) mass is 273 g/mol. The summed E-state index contributed by atoms with van der Waals surface area (Å²) in [7, 11) is 1.72. The summed E-state index contributed by atoms with van der Waals surface area (Å²) in [6.45, 7) is 0.421. The van der Waals surface area contributed by atoms with E-state index >= 15 is 0 Å². The summed E-state index contributed by atoms with van der Waals surface area (Å²) in [4.78, 5) is 16.5. The molecule has 3 heterocycles. The highest BCUT2D eigenvalue weighted by molar-refractivity contribution is 5.37. The van der Waals surface area contributed by atoms with Crippen LogP contribution in [-0.4, -0.2) is 41.9 Å². The molecule has 0 aliphatic heterocycles. The second-order valence-electron chi connectivity index (χ2n) is 3.70. The first-order chi connectivity index (χ1) is 9.85. The van der Waals surface area contributed by atoms with Crippen LogP contribution in [0.3, 0.4) is 0 Å². The SMILES string of the molecule is CNc1nc(NCc2ccno2)nc(-n2cncn2)n1. The molecule has 0 aliphatic rings. The fraction of sp³-hybridized carbons (Fsp3) is 0.200. The lowest BCUT2D eigenvalue weighted by Crippen LogP contribution is -2.11. The molecule has 10 nitrogen and oxygen atoms in total. The van der Waals surface area contributed by atoms with Crippen molar-refractivity contribution >= 4 is 11.9 Å². The van der Waals surface area contributed by atoms with Crippen LogP contribution in [-0.2, 0) is 6.54 Å². The Morgan fingerprint density at radius 1 is 1.25 bits per heavy atom. The van der Waals surface area contributed by atoms with Crippen molar-refractivity contribution in [2.75, 3.05) is 17.7 Å². The molecule has 0 atom stereocenters. The van der Waals surface area contributed by atoms with Gasteiger partial charge in [-0.05, 0) is 0 Å². The molecule has 0 fully saturated rings. The van der Waals surface area contributed by atoms with Crippen LogP contribution in [0.25, 0.3) is 5.95 Å². The van der Waals surface area contributed by atoms with E-state index in [1.165, 1.54) is 17.3 Å². The average Bonchev–Trinajstić information content (AvgIpc) is 3.17. The molecule has 10 heteroatoms. The van der Waals surface area contributed by atoms with Gasteiger partial charge in [-0.15, -0.1) is 0 Å². The molecular weight excluding hydrogens is 262 g/mol. The highest BCUT2D eigenvalue weighted by Gasteiger charge is 2.08. The summed E-state index contributed by atoms with van der Waals surface area (Å²) < 4.78 is 6.43. The van der Waals surface area contributed by atoms with E-state index in [1.54, 1.807) is 19.3 Å². The van der Waals surface area contributed by atoms with Crippen LogP contribution in [0.4, 0.5) is 11.9 Å². The molecule has 0 bridgehead atoms. The Balaban J connectivity index is 1.84. The molecule has 0 saturated heterocycles. The first-order valence-corrected chi connectivity index (χ1v) is 5.77. The van der Waals surface area contributed by atoms with Crippen LogP contribution < -0.4 is 10.6 Å². The van der Waals surface area contributed by atoms with E-state index in [0.717, 1.165) is 0 Å². The van der Waals surface area contributed by atoms with Crippen molar-refractivity contribution in [2.24, 2.45) is 0 Å². The fourth-order valence-electron chi connectivity index (χ4n) is 1.47. The van der Waals surface area contributed by atoms with Crippen molar-refractivity contribution in [2.45, 2.75) is 6.54 Å². The minimum atomic E-state index is 0.363. The molecule has 3 aromatic rings. The van der Waals surface area contributed by atoms with Gasteiger partial charge >= 0.3 is 0 Å². The molecule has 0 aromatic carbocycles. The Kier molecular flexibility index (Phi) is 3.18. The van der Waals surface area contributed by atoms with Crippen LogP contribution in [0.5, 0.6) is 0 Å². The van der Waals surface area contributed by atoms with Gasteiger partial charge in [0.15, 0.2) is 5.76 Å². The molecule has 0 radical (unpaired) electrons. The van der Waals surface area contributed by atoms with Crippen molar-refractivity contribution in [3.8, 4) is 5.95 Å². The van der Waals surface area contributed by atoms with Crippen LogP contribution >= 0.6 is 0 Å². The van der Waals surface area contributed by atoms with Crippen molar-refractivity contribution in [1.82, 2.24) is 34.9 Å². The highest BCUT2D eigenvalue weighted by atomic mass is 16.5. The minimum Gasteiger partial charge on any atom is -0.360 e. The first-order valence-electron chi connectivity index (χ1n) is 5.77. The standard InChI is InChI=1S/C10H11N9O/c1-11-8-16-9(13-4-7-2-3-15-20-7)18-10(17-8)19-6-12-5-14-19/h2-3,5-6H,4H2,1H3,(H2,11,13,16,17,18). The summed E-state index contributed by atoms with van der Waals surface area (Å²) in [6.07, 6.45) is 4.49. The van der Waals surface area contributed by atoms with Crippen LogP contribution in [0.1, 0.15) is 5.76 Å². The quantitative estimate of drug-likeness (QED) is 0.666. The number of anilines is 2. The summed E-state index contributed by atoms with van der Waals surface area (Å²) in [6, 6.07) is 1.76. The largest absolute Gasteiger partial charge is 0.360 e. The maximum absolute atomic E-state index is 4.99. The molecule has 0 saturated carbocycles. The zero-order valence-electron chi connectivity index (χ0n) is 10.6. The first kappa shape index (κ1) is 12.0. The molecule has 3 rings (SSSR count).